The molecular weight excluding hydrogens is 366 g/mol. The van der Waals surface area contributed by atoms with Gasteiger partial charge in [-0.05, 0) is 44.4 Å². The van der Waals surface area contributed by atoms with E-state index < -0.39 is 35.1 Å². The van der Waals surface area contributed by atoms with Gasteiger partial charge in [-0.15, -0.1) is 0 Å². The van der Waals surface area contributed by atoms with Crippen molar-refractivity contribution in [2.24, 2.45) is 0 Å². The van der Waals surface area contributed by atoms with Crippen molar-refractivity contribution in [1.29, 1.82) is 0 Å². The van der Waals surface area contributed by atoms with Gasteiger partial charge >= 0.3 is 0 Å². The fourth-order valence-electron chi connectivity index (χ4n) is 3.20. The van der Waals surface area contributed by atoms with Gasteiger partial charge in [-0.25, -0.2) is 8.78 Å². The monoisotopic (exact) mass is 386 g/mol. The fraction of sp³-hybridized carbons (Fsp3) is 0.238. The van der Waals surface area contributed by atoms with Gasteiger partial charge in [0.1, 0.15) is 17.4 Å². The molecule has 1 aliphatic heterocycles. The number of likely N-dealkylation sites (N-methyl/N-ethyl adjacent to an activating group) is 1. The Bertz CT molecular complexity index is 939. The van der Waals surface area contributed by atoms with Gasteiger partial charge in [-0.3, -0.25) is 9.59 Å². The van der Waals surface area contributed by atoms with Crippen molar-refractivity contribution in [2.75, 3.05) is 27.2 Å². The standard InChI is InChI=1S/C21H20F2N2O3/c1-24(2)11-12-25-18(15-5-3-4-6-16(15)23)17(20(27)21(25)28)19(26)13-7-9-14(22)10-8-13/h3-10,18,26H,11-12H2,1-2H3/t18-/m1/s1. The van der Waals surface area contributed by atoms with Crippen LogP contribution < -0.4 is 0 Å². The Hall–Kier alpha value is -3.06. The Morgan fingerprint density at radius 1 is 1.07 bits per heavy atom. The first-order valence-electron chi connectivity index (χ1n) is 8.74. The molecule has 1 heterocycles. The molecule has 2 aromatic carbocycles. The molecular formula is C21H20F2N2O3. The number of halogens is 2. The maximum Gasteiger partial charge on any atom is 0.295 e. The van der Waals surface area contributed by atoms with Crippen molar-refractivity contribution >= 4 is 17.4 Å². The zero-order chi connectivity index (χ0) is 20.4. The first-order chi connectivity index (χ1) is 13.3. The second-order valence-electron chi connectivity index (χ2n) is 6.82. The zero-order valence-corrected chi connectivity index (χ0v) is 15.5. The van der Waals surface area contributed by atoms with Crippen LogP contribution in [0.3, 0.4) is 0 Å². The summed E-state index contributed by atoms with van der Waals surface area (Å²) in [6.07, 6.45) is 0. The molecule has 1 fully saturated rings. The van der Waals surface area contributed by atoms with Gasteiger partial charge in [0.25, 0.3) is 11.7 Å². The Morgan fingerprint density at radius 3 is 2.32 bits per heavy atom. The fourth-order valence-corrected chi connectivity index (χ4v) is 3.20. The Balaban J connectivity index is 2.16. The number of benzene rings is 2. The molecule has 0 saturated carbocycles. The quantitative estimate of drug-likeness (QED) is 0.488. The van der Waals surface area contributed by atoms with E-state index in [1.165, 1.54) is 35.2 Å². The molecule has 3 rings (SSSR count). The van der Waals surface area contributed by atoms with Crippen molar-refractivity contribution in [3.8, 4) is 0 Å². The van der Waals surface area contributed by atoms with Crippen LogP contribution in [0.2, 0.25) is 0 Å². The van der Waals surface area contributed by atoms with Crippen molar-refractivity contribution in [2.45, 2.75) is 6.04 Å². The average molecular weight is 386 g/mol. The molecule has 7 heteroatoms. The Morgan fingerprint density at radius 2 is 1.71 bits per heavy atom. The van der Waals surface area contributed by atoms with Gasteiger partial charge in [-0.2, -0.15) is 0 Å². The Labute approximate surface area is 161 Å². The van der Waals surface area contributed by atoms with Gasteiger partial charge in [-0.1, -0.05) is 18.2 Å². The SMILES string of the molecule is CN(C)CCN1C(=O)C(=O)C(=C(O)c2ccc(F)cc2)[C@H]1c1ccccc1F. The Kier molecular flexibility index (Phi) is 5.56. The molecule has 1 atom stereocenters. The summed E-state index contributed by atoms with van der Waals surface area (Å²) in [5.74, 6) is -3.26. The van der Waals surface area contributed by atoms with Gasteiger partial charge < -0.3 is 14.9 Å². The first-order valence-corrected chi connectivity index (χ1v) is 8.74. The highest BCUT2D eigenvalue weighted by Crippen LogP contribution is 2.40. The largest absolute Gasteiger partial charge is 0.507 e. The summed E-state index contributed by atoms with van der Waals surface area (Å²) in [5.41, 5.74) is 0.0814. The molecule has 0 unspecified atom stereocenters. The van der Waals surface area contributed by atoms with Crippen molar-refractivity contribution in [3.63, 3.8) is 0 Å². The molecule has 0 aliphatic carbocycles. The maximum absolute atomic E-state index is 14.5. The van der Waals surface area contributed by atoms with E-state index in [0.29, 0.717) is 6.54 Å². The number of rotatable bonds is 5. The topological polar surface area (TPSA) is 60.9 Å². The van der Waals surface area contributed by atoms with Gasteiger partial charge in [0.05, 0.1) is 11.6 Å². The lowest BCUT2D eigenvalue weighted by Crippen LogP contribution is -2.35. The lowest BCUT2D eigenvalue weighted by Gasteiger charge is -2.26. The summed E-state index contributed by atoms with van der Waals surface area (Å²) in [6.45, 7) is 0.630. The van der Waals surface area contributed by atoms with Crippen LogP contribution in [0, 0.1) is 11.6 Å². The number of amides is 1. The smallest absolute Gasteiger partial charge is 0.295 e. The van der Waals surface area contributed by atoms with Crippen molar-refractivity contribution < 1.29 is 23.5 Å². The molecule has 0 aromatic heterocycles. The van der Waals surface area contributed by atoms with Crippen LogP contribution in [-0.4, -0.2) is 53.8 Å². The molecule has 0 radical (unpaired) electrons. The number of carbonyl (C=O) groups excluding carboxylic acids is 2. The molecule has 1 saturated heterocycles. The normalized spacial score (nSPS) is 18.9. The van der Waals surface area contributed by atoms with E-state index in [2.05, 4.69) is 0 Å². The number of likely N-dealkylation sites (tertiary alicyclic amines) is 1. The number of hydrogen-bond donors (Lipinski definition) is 1. The highest BCUT2D eigenvalue weighted by molar-refractivity contribution is 6.46. The van der Waals surface area contributed by atoms with Crippen LogP contribution in [0.15, 0.2) is 54.1 Å². The summed E-state index contributed by atoms with van der Waals surface area (Å²) in [5, 5.41) is 10.7. The second-order valence-corrected chi connectivity index (χ2v) is 6.82. The van der Waals surface area contributed by atoms with E-state index in [0.717, 1.165) is 12.1 Å². The molecule has 1 amide bonds. The molecule has 2 aromatic rings. The van der Waals surface area contributed by atoms with Crippen LogP contribution in [0.25, 0.3) is 5.76 Å². The second kappa shape index (κ2) is 7.90. The van der Waals surface area contributed by atoms with E-state index in [-0.39, 0.29) is 23.2 Å². The van der Waals surface area contributed by atoms with E-state index in [4.69, 9.17) is 0 Å². The summed E-state index contributed by atoms with van der Waals surface area (Å²) >= 11 is 0. The minimum absolute atomic E-state index is 0.115. The number of carbonyl (C=O) groups is 2. The lowest BCUT2D eigenvalue weighted by molar-refractivity contribution is -0.140. The molecule has 0 bridgehead atoms. The maximum atomic E-state index is 14.5. The van der Waals surface area contributed by atoms with E-state index in [1.54, 1.807) is 6.07 Å². The number of aliphatic hydroxyl groups is 1. The van der Waals surface area contributed by atoms with Gasteiger partial charge in [0.15, 0.2) is 0 Å². The van der Waals surface area contributed by atoms with Crippen molar-refractivity contribution in [1.82, 2.24) is 9.80 Å². The van der Waals surface area contributed by atoms with Crippen molar-refractivity contribution in [3.05, 3.63) is 76.9 Å². The highest BCUT2D eigenvalue weighted by Gasteiger charge is 2.46. The zero-order valence-electron chi connectivity index (χ0n) is 15.5. The number of ketones is 1. The molecule has 28 heavy (non-hydrogen) atoms. The summed E-state index contributed by atoms with van der Waals surface area (Å²) in [6, 6.07) is 9.63. The molecule has 5 nitrogen and oxygen atoms in total. The van der Waals surface area contributed by atoms with Crippen LogP contribution in [0.5, 0.6) is 0 Å². The summed E-state index contributed by atoms with van der Waals surface area (Å²) in [7, 11) is 3.63. The van der Waals surface area contributed by atoms with E-state index >= 15 is 0 Å². The van der Waals surface area contributed by atoms with Crippen LogP contribution in [0.1, 0.15) is 17.2 Å². The third-order valence-corrected chi connectivity index (χ3v) is 4.65. The summed E-state index contributed by atoms with van der Waals surface area (Å²) in [4.78, 5) is 28.5. The average Bonchev–Trinajstić information content (AvgIpc) is 2.91. The van der Waals surface area contributed by atoms with Crippen LogP contribution in [-0.2, 0) is 9.59 Å². The molecule has 1 aliphatic rings. The highest BCUT2D eigenvalue weighted by atomic mass is 19.1. The van der Waals surface area contributed by atoms with E-state index in [1.807, 2.05) is 19.0 Å². The number of hydrogen-bond acceptors (Lipinski definition) is 4. The molecule has 1 N–H and O–H groups in total. The van der Waals surface area contributed by atoms with Gasteiger partial charge in [0, 0.05) is 24.2 Å². The minimum atomic E-state index is -1.06. The number of nitrogens with zero attached hydrogens (tertiary/aromatic N) is 2. The molecule has 0 spiro atoms. The third kappa shape index (κ3) is 3.66. The lowest BCUT2D eigenvalue weighted by atomic mass is 9.95. The predicted octanol–water partition coefficient (Wildman–Crippen LogP) is 2.95. The predicted molar refractivity (Wildman–Crippen MR) is 100 cm³/mol. The number of aliphatic hydroxyl groups excluding tert-OH is 1. The van der Waals surface area contributed by atoms with Crippen LogP contribution in [0.4, 0.5) is 8.78 Å². The number of Topliss-reactive ketones (excluding diaryl/α,β-unsaturated/α-hetero) is 1. The molecule has 146 valence electrons. The van der Waals surface area contributed by atoms with Gasteiger partial charge in [0.2, 0.25) is 0 Å². The third-order valence-electron chi connectivity index (χ3n) is 4.65. The minimum Gasteiger partial charge on any atom is -0.507 e. The van der Waals surface area contributed by atoms with E-state index in [9.17, 15) is 23.5 Å². The first kappa shape index (κ1) is 19.7. The van der Waals surface area contributed by atoms with Crippen LogP contribution >= 0.6 is 0 Å². The summed E-state index contributed by atoms with van der Waals surface area (Å²) < 4.78 is 27.8.